The summed E-state index contributed by atoms with van der Waals surface area (Å²) in [5.41, 5.74) is 10.3. The number of imidazole rings is 1. The Labute approximate surface area is 162 Å². The molecule has 0 bridgehead atoms. The second kappa shape index (κ2) is 6.57. The van der Waals surface area contributed by atoms with Gasteiger partial charge in [0.2, 0.25) is 0 Å². The lowest BCUT2D eigenvalue weighted by molar-refractivity contribution is 0.562. The summed E-state index contributed by atoms with van der Waals surface area (Å²) in [4.78, 5) is 10.8. The van der Waals surface area contributed by atoms with Gasteiger partial charge >= 0.3 is 0 Å². The van der Waals surface area contributed by atoms with Gasteiger partial charge in [-0.25, -0.2) is 4.98 Å². The van der Waals surface area contributed by atoms with Gasteiger partial charge in [-0.15, -0.1) is 11.3 Å². The molecule has 0 aliphatic carbocycles. The van der Waals surface area contributed by atoms with E-state index in [1.807, 2.05) is 36.4 Å². The van der Waals surface area contributed by atoms with Gasteiger partial charge in [0.05, 0.1) is 9.75 Å². The smallest absolute Gasteiger partial charge is 0.139 e. The Balaban J connectivity index is 1.75. The number of fused-ring (bicyclic) bond motifs is 1. The molecule has 4 rings (SSSR count). The molecule has 4 heterocycles. The zero-order chi connectivity index (χ0) is 19.0. The first-order valence-electron chi connectivity index (χ1n) is 8.73. The van der Waals surface area contributed by atoms with Crippen LogP contribution in [0.4, 0.5) is 5.82 Å². The van der Waals surface area contributed by atoms with Crippen LogP contribution in [0.5, 0.6) is 0 Å². The maximum Gasteiger partial charge on any atom is 0.139 e. The summed E-state index contributed by atoms with van der Waals surface area (Å²) in [6.45, 7) is 6.54. The summed E-state index contributed by atoms with van der Waals surface area (Å²) < 4.78 is 2.05. The number of hydrogen-bond acceptors (Lipinski definition) is 4. The summed E-state index contributed by atoms with van der Waals surface area (Å²) in [5, 5.41) is 0. The average Bonchev–Trinajstić information content (AvgIpc) is 3.25. The molecule has 0 saturated heterocycles. The van der Waals surface area contributed by atoms with Gasteiger partial charge in [-0.05, 0) is 36.4 Å². The summed E-state index contributed by atoms with van der Waals surface area (Å²) in [6, 6.07) is 14.0. The van der Waals surface area contributed by atoms with E-state index in [4.69, 9.17) is 10.7 Å². The fraction of sp³-hybridized carbons (Fsp3) is 0.182. The van der Waals surface area contributed by atoms with Crippen molar-refractivity contribution in [2.75, 3.05) is 5.73 Å². The largest absolute Gasteiger partial charge is 0.383 e. The van der Waals surface area contributed by atoms with Crippen LogP contribution in [0, 0.1) is 11.8 Å². The van der Waals surface area contributed by atoms with Gasteiger partial charge in [-0.1, -0.05) is 38.7 Å². The molecule has 4 aromatic rings. The van der Waals surface area contributed by atoms with Crippen LogP contribution in [0.2, 0.25) is 0 Å². The van der Waals surface area contributed by atoms with Crippen LogP contribution in [-0.2, 0) is 5.41 Å². The van der Waals surface area contributed by atoms with E-state index in [-0.39, 0.29) is 5.41 Å². The second-order valence-corrected chi connectivity index (χ2v) is 8.43. The first-order valence-corrected chi connectivity index (χ1v) is 9.55. The Morgan fingerprint density at radius 2 is 1.78 bits per heavy atom. The molecule has 5 heteroatoms. The maximum absolute atomic E-state index is 6.51. The highest BCUT2D eigenvalue weighted by molar-refractivity contribution is 7.16. The third-order valence-corrected chi connectivity index (χ3v) is 5.30. The fourth-order valence-corrected chi connectivity index (χ4v) is 3.84. The lowest BCUT2D eigenvalue weighted by Crippen LogP contribution is -2.17. The molecule has 0 spiro atoms. The topological polar surface area (TPSA) is 56.2 Å². The van der Waals surface area contributed by atoms with Crippen LogP contribution < -0.4 is 5.73 Å². The standard InChI is InChI=1S/C22H20N4S/c1-22(2,3)18-5-4-6-19-25-20(21(23)26(18)19)17-10-9-16(27-17)8-7-15-11-13-24-14-12-15/h4-6,9-14H,23H2,1-3H3. The van der Waals surface area contributed by atoms with E-state index in [0.29, 0.717) is 5.82 Å². The number of nitrogens with zero attached hydrogens (tertiary/aromatic N) is 3. The van der Waals surface area contributed by atoms with Crippen LogP contribution in [0.15, 0.2) is 54.9 Å². The molecule has 134 valence electrons. The first kappa shape index (κ1) is 17.3. The molecule has 0 aliphatic heterocycles. The fourth-order valence-electron chi connectivity index (χ4n) is 2.98. The van der Waals surface area contributed by atoms with Gasteiger partial charge < -0.3 is 5.73 Å². The van der Waals surface area contributed by atoms with Crippen molar-refractivity contribution in [1.29, 1.82) is 0 Å². The van der Waals surface area contributed by atoms with Crippen LogP contribution in [0.25, 0.3) is 16.2 Å². The lowest BCUT2D eigenvalue weighted by atomic mass is 9.91. The Kier molecular flexibility index (Phi) is 4.21. The van der Waals surface area contributed by atoms with Crippen LogP contribution in [0.1, 0.15) is 36.9 Å². The molecular weight excluding hydrogens is 352 g/mol. The second-order valence-electron chi connectivity index (χ2n) is 7.35. The van der Waals surface area contributed by atoms with Crippen molar-refractivity contribution in [2.24, 2.45) is 0 Å². The minimum absolute atomic E-state index is 0.0256. The molecule has 4 aromatic heterocycles. The summed E-state index contributed by atoms with van der Waals surface area (Å²) >= 11 is 1.60. The maximum atomic E-state index is 6.51. The minimum atomic E-state index is -0.0256. The zero-order valence-electron chi connectivity index (χ0n) is 15.5. The van der Waals surface area contributed by atoms with Crippen LogP contribution in [0.3, 0.4) is 0 Å². The van der Waals surface area contributed by atoms with Crippen molar-refractivity contribution in [3.05, 3.63) is 71.0 Å². The lowest BCUT2D eigenvalue weighted by Gasteiger charge is -2.21. The Hall–Kier alpha value is -3.10. The van der Waals surface area contributed by atoms with Crippen LogP contribution >= 0.6 is 11.3 Å². The summed E-state index contributed by atoms with van der Waals surface area (Å²) in [5.74, 6) is 7.04. The molecule has 0 aromatic carbocycles. The molecular formula is C22H20N4S. The quantitative estimate of drug-likeness (QED) is 0.491. The third-order valence-electron chi connectivity index (χ3n) is 4.30. The van der Waals surface area contributed by atoms with E-state index in [1.165, 1.54) is 0 Å². The molecule has 0 fully saturated rings. The highest BCUT2D eigenvalue weighted by Crippen LogP contribution is 2.34. The van der Waals surface area contributed by atoms with Crippen LogP contribution in [-0.4, -0.2) is 14.4 Å². The normalized spacial score (nSPS) is 11.4. The predicted octanol–water partition coefficient (Wildman–Crippen LogP) is 4.74. The molecule has 27 heavy (non-hydrogen) atoms. The molecule has 0 aliphatic rings. The van der Waals surface area contributed by atoms with Gasteiger partial charge in [0, 0.05) is 29.1 Å². The highest BCUT2D eigenvalue weighted by Gasteiger charge is 2.21. The molecule has 0 unspecified atom stereocenters. The van der Waals surface area contributed by atoms with Gasteiger partial charge in [-0.3, -0.25) is 9.38 Å². The number of nitrogens with two attached hydrogens (primary N) is 1. The van der Waals surface area contributed by atoms with Gasteiger partial charge in [-0.2, -0.15) is 0 Å². The van der Waals surface area contributed by atoms with E-state index in [2.05, 4.69) is 48.1 Å². The molecule has 4 nitrogen and oxygen atoms in total. The summed E-state index contributed by atoms with van der Waals surface area (Å²) in [7, 11) is 0. The number of pyridine rings is 2. The molecule has 2 N–H and O–H groups in total. The number of aromatic nitrogens is 3. The van der Waals surface area contributed by atoms with Gasteiger partial charge in [0.15, 0.2) is 0 Å². The Morgan fingerprint density at radius 1 is 1.00 bits per heavy atom. The van der Waals surface area contributed by atoms with Crippen molar-refractivity contribution in [1.82, 2.24) is 14.4 Å². The SMILES string of the molecule is CC(C)(C)c1cccc2nc(-c3ccc(C#Cc4ccncc4)s3)c(N)n12. The molecule has 0 saturated carbocycles. The van der Waals surface area contributed by atoms with E-state index in [0.717, 1.165) is 32.4 Å². The number of hydrogen-bond donors (Lipinski definition) is 1. The highest BCUT2D eigenvalue weighted by atomic mass is 32.1. The summed E-state index contributed by atoms with van der Waals surface area (Å²) in [6.07, 6.45) is 3.49. The Bertz CT molecular complexity index is 1170. The van der Waals surface area contributed by atoms with Gasteiger partial charge in [0.1, 0.15) is 17.2 Å². The number of nitrogen functional groups attached to an aromatic ring is 1. The molecule has 0 radical (unpaired) electrons. The molecule has 0 amide bonds. The number of anilines is 1. The molecule has 0 atom stereocenters. The number of rotatable bonds is 1. The van der Waals surface area contributed by atoms with E-state index < -0.39 is 0 Å². The minimum Gasteiger partial charge on any atom is -0.383 e. The van der Waals surface area contributed by atoms with Crippen molar-refractivity contribution in [3.8, 4) is 22.4 Å². The van der Waals surface area contributed by atoms with E-state index >= 15 is 0 Å². The van der Waals surface area contributed by atoms with Gasteiger partial charge in [0.25, 0.3) is 0 Å². The number of thiophene rings is 1. The van der Waals surface area contributed by atoms with Crippen molar-refractivity contribution in [2.45, 2.75) is 26.2 Å². The third kappa shape index (κ3) is 3.32. The zero-order valence-corrected chi connectivity index (χ0v) is 16.3. The monoisotopic (exact) mass is 372 g/mol. The van der Waals surface area contributed by atoms with E-state index in [1.54, 1.807) is 23.7 Å². The van der Waals surface area contributed by atoms with E-state index in [9.17, 15) is 0 Å². The van der Waals surface area contributed by atoms with Crippen molar-refractivity contribution < 1.29 is 0 Å². The average molecular weight is 372 g/mol. The predicted molar refractivity (Wildman–Crippen MR) is 112 cm³/mol. The van der Waals surface area contributed by atoms with Crippen molar-refractivity contribution >= 4 is 22.8 Å². The van der Waals surface area contributed by atoms with Crippen molar-refractivity contribution in [3.63, 3.8) is 0 Å². The Morgan fingerprint density at radius 3 is 2.52 bits per heavy atom. The first-order chi connectivity index (χ1) is 12.9.